The predicted molar refractivity (Wildman–Crippen MR) is 118 cm³/mol. The van der Waals surface area contributed by atoms with Crippen molar-refractivity contribution in [3.63, 3.8) is 0 Å². The van der Waals surface area contributed by atoms with Crippen molar-refractivity contribution in [3.8, 4) is 0 Å². The second-order valence-corrected chi connectivity index (χ2v) is 9.82. The van der Waals surface area contributed by atoms with Gasteiger partial charge in [-0.3, -0.25) is 9.59 Å². The lowest BCUT2D eigenvalue weighted by atomic mass is 9.91. The van der Waals surface area contributed by atoms with E-state index in [1.165, 1.54) is 0 Å². The maximum Gasteiger partial charge on any atom is 0.245 e. The van der Waals surface area contributed by atoms with Crippen molar-refractivity contribution >= 4 is 11.8 Å². The Bertz CT molecular complexity index is 680. The third kappa shape index (κ3) is 5.84. The zero-order chi connectivity index (χ0) is 21.7. The highest BCUT2D eigenvalue weighted by Gasteiger charge is 2.39. The van der Waals surface area contributed by atoms with Crippen LogP contribution in [0, 0.1) is 17.8 Å². The zero-order valence-electron chi connectivity index (χ0n) is 19.1. The topological polar surface area (TPSA) is 81.3 Å². The molecule has 7 nitrogen and oxygen atoms in total. The number of hydrogen-bond donors (Lipinski definition) is 2. The summed E-state index contributed by atoms with van der Waals surface area (Å²) in [5.74, 6) is 2.63. The zero-order valence-corrected chi connectivity index (χ0v) is 19.1. The lowest BCUT2D eigenvalue weighted by Gasteiger charge is -2.42. The van der Waals surface area contributed by atoms with Crippen LogP contribution in [0.4, 0.5) is 0 Å². The molecule has 3 heterocycles. The number of carbonyl (C=O) groups excluding carboxylic acids is 2. The molecule has 0 saturated carbocycles. The molecule has 0 spiro atoms. The number of nitrogens with one attached hydrogen (secondary N) is 2. The molecular formula is C23H39N5O2. The largest absolute Gasteiger partial charge is 0.349 e. The first-order valence-corrected chi connectivity index (χ1v) is 11.7. The van der Waals surface area contributed by atoms with Crippen LogP contribution in [0.1, 0.15) is 59.2 Å². The molecule has 2 N–H and O–H groups in total. The number of piperazine rings is 1. The van der Waals surface area contributed by atoms with Crippen LogP contribution in [-0.4, -0.2) is 69.8 Å². The van der Waals surface area contributed by atoms with Gasteiger partial charge < -0.3 is 20.1 Å². The molecule has 2 atom stereocenters. The highest BCUT2D eigenvalue weighted by molar-refractivity contribution is 5.90. The number of aromatic nitrogens is 2. The van der Waals surface area contributed by atoms with Crippen LogP contribution >= 0.6 is 0 Å². The monoisotopic (exact) mass is 417 g/mol. The molecule has 2 aliphatic rings. The number of piperidine rings is 1. The number of nitrogens with zero attached hydrogens (tertiary/aromatic N) is 3. The van der Waals surface area contributed by atoms with Crippen molar-refractivity contribution in [3.05, 3.63) is 18.2 Å². The van der Waals surface area contributed by atoms with E-state index < -0.39 is 0 Å². The lowest BCUT2D eigenvalue weighted by Crippen LogP contribution is -2.62. The third-order valence-electron chi connectivity index (χ3n) is 6.35. The highest BCUT2D eigenvalue weighted by Crippen LogP contribution is 2.24. The minimum absolute atomic E-state index is 0.0988. The molecule has 0 aromatic carbocycles. The average molecular weight is 418 g/mol. The van der Waals surface area contributed by atoms with Gasteiger partial charge >= 0.3 is 0 Å². The Morgan fingerprint density at radius 3 is 2.50 bits per heavy atom. The van der Waals surface area contributed by atoms with Crippen LogP contribution < -0.4 is 5.32 Å². The summed E-state index contributed by atoms with van der Waals surface area (Å²) in [5.41, 5.74) is 0. The minimum Gasteiger partial charge on any atom is -0.349 e. The highest BCUT2D eigenvalue weighted by atomic mass is 16.2. The first kappa shape index (κ1) is 22.8. The van der Waals surface area contributed by atoms with Gasteiger partial charge in [-0.1, -0.05) is 27.7 Å². The van der Waals surface area contributed by atoms with Crippen LogP contribution in [0.25, 0.3) is 0 Å². The van der Waals surface area contributed by atoms with Gasteiger partial charge in [0.2, 0.25) is 11.8 Å². The molecule has 2 aliphatic heterocycles. The van der Waals surface area contributed by atoms with Gasteiger partial charge in [-0.05, 0) is 43.4 Å². The standard InChI is InChI=1S/C23H39N5O2/c1-16(2)13-19-22(29)28(12-9-24-19)20(14-17(3)4)23(30)27-10-5-18(6-11-27)15-21-25-7-8-26-21/h7-8,16-20,24H,5-6,9-15H2,1-4H3,(H,25,26)/t19-,20?/m0/s1. The summed E-state index contributed by atoms with van der Waals surface area (Å²) in [6, 6.07) is -0.504. The molecule has 1 aromatic heterocycles. The van der Waals surface area contributed by atoms with E-state index in [1.54, 1.807) is 6.20 Å². The first-order chi connectivity index (χ1) is 14.3. The van der Waals surface area contributed by atoms with E-state index in [1.807, 2.05) is 16.0 Å². The fourth-order valence-electron chi connectivity index (χ4n) is 4.78. The van der Waals surface area contributed by atoms with E-state index in [2.05, 4.69) is 43.0 Å². The number of amides is 2. The van der Waals surface area contributed by atoms with Gasteiger partial charge in [-0.25, -0.2) is 4.98 Å². The molecule has 0 aliphatic carbocycles. The SMILES string of the molecule is CC(C)CC(C(=O)N1CCC(Cc2ncc[nH]2)CC1)N1CCN[C@@H](CC(C)C)C1=O. The molecule has 30 heavy (non-hydrogen) atoms. The summed E-state index contributed by atoms with van der Waals surface area (Å²) in [5, 5.41) is 3.36. The van der Waals surface area contributed by atoms with E-state index in [-0.39, 0.29) is 23.9 Å². The molecule has 7 heteroatoms. The number of rotatable bonds is 8. The third-order valence-corrected chi connectivity index (χ3v) is 6.35. The van der Waals surface area contributed by atoms with Gasteiger partial charge in [-0.15, -0.1) is 0 Å². The van der Waals surface area contributed by atoms with Crippen molar-refractivity contribution in [2.45, 2.75) is 71.9 Å². The van der Waals surface area contributed by atoms with Crippen LogP contribution in [-0.2, 0) is 16.0 Å². The molecule has 0 bridgehead atoms. The van der Waals surface area contributed by atoms with Gasteiger partial charge in [0, 0.05) is 45.0 Å². The number of hydrogen-bond acceptors (Lipinski definition) is 4. The maximum atomic E-state index is 13.5. The van der Waals surface area contributed by atoms with Crippen LogP contribution in [0.2, 0.25) is 0 Å². The fourth-order valence-corrected chi connectivity index (χ4v) is 4.78. The first-order valence-electron chi connectivity index (χ1n) is 11.7. The van der Waals surface area contributed by atoms with Gasteiger partial charge in [-0.2, -0.15) is 0 Å². The van der Waals surface area contributed by atoms with Gasteiger partial charge in [0.1, 0.15) is 11.9 Å². The summed E-state index contributed by atoms with van der Waals surface area (Å²) < 4.78 is 0. The van der Waals surface area contributed by atoms with Crippen molar-refractivity contribution in [1.82, 2.24) is 25.1 Å². The quantitative estimate of drug-likeness (QED) is 0.681. The van der Waals surface area contributed by atoms with E-state index in [4.69, 9.17) is 0 Å². The summed E-state index contributed by atoms with van der Waals surface area (Å²) in [6.07, 6.45) is 8.13. The number of carbonyl (C=O) groups is 2. The summed E-state index contributed by atoms with van der Waals surface area (Å²) in [7, 11) is 0. The van der Waals surface area contributed by atoms with Crippen molar-refractivity contribution in [2.24, 2.45) is 17.8 Å². The van der Waals surface area contributed by atoms with Gasteiger partial charge in [0.05, 0.1) is 6.04 Å². The Kier molecular flexibility index (Phi) is 7.92. The Balaban J connectivity index is 1.63. The van der Waals surface area contributed by atoms with Gasteiger partial charge in [0.25, 0.3) is 0 Å². The van der Waals surface area contributed by atoms with Gasteiger partial charge in [0.15, 0.2) is 0 Å². The molecule has 0 radical (unpaired) electrons. The number of H-pyrrole nitrogens is 1. The molecule has 1 unspecified atom stereocenters. The van der Waals surface area contributed by atoms with E-state index in [9.17, 15) is 9.59 Å². The number of imidazole rings is 1. The Hall–Kier alpha value is -1.89. The van der Waals surface area contributed by atoms with Crippen LogP contribution in [0.15, 0.2) is 12.4 Å². The second-order valence-electron chi connectivity index (χ2n) is 9.82. The maximum absolute atomic E-state index is 13.5. The average Bonchev–Trinajstić information content (AvgIpc) is 3.21. The van der Waals surface area contributed by atoms with E-state index in [0.717, 1.165) is 57.6 Å². The normalized spacial score (nSPS) is 22.2. The lowest BCUT2D eigenvalue weighted by molar-refractivity contribution is -0.150. The molecule has 3 rings (SSSR count). The van der Waals surface area contributed by atoms with E-state index >= 15 is 0 Å². The predicted octanol–water partition coefficient (Wildman–Crippen LogP) is 2.45. The second kappa shape index (κ2) is 10.4. The van der Waals surface area contributed by atoms with Crippen molar-refractivity contribution < 1.29 is 9.59 Å². The Labute approximate surface area is 181 Å². The number of likely N-dealkylation sites (tertiary alicyclic amines) is 1. The van der Waals surface area contributed by atoms with Crippen LogP contribution in [0.5, 0.6) is 0 Å². The van der Waals surface area contributed by atoms with Crippen molar-refractivity contribution in [2.75, 3.05) is 26.2 Å². The molecule has 2 amide bonds. The van der Waals surface area contributed by atoms with E-state index in [0.29, 0.717) is 24.3 Å². The Morgan fingerprint density at radius 2 is 1.90 bits per heavy atom. The summed E-state index contributed by atoms with van der Waals surface area (Å²) >= 11 is 0. The number of aromatic amines is 1. The molecular weight excluding hydrogens is 378 g/mol. The smallest absolute Gasteiger partial charge is 0.245 e. The summed E-state index contributed by atoms with van der Waals surface area (Å²) in [4.78, 5) is 38.1. The molecule has 2 fully saturated rings. The molecule has 2 saturated heterocycles. The minimum atomic E-state index is -0.337. The Morgan fingerprint density at radius 1 is 1.17 bits per heavy atom. The van der Waals surface area contributed by atoms with Crippen molar-refractivity contribution in [1.29, 1.82) is 0 Å². The molecule has 1 aromatic rings. The fraction of sp³-hybridized carbons (Fsp3) is 0.783. The summed E-state index contributed by atoms with van der Waals surface area (Å²) in [6.45, 7) is 11.5. The molecule has 168 valence electrons. The van der Waals surface area contributed by atoms with Crippen LogP contribution in [0.3, 0.4) is 0 Å².